The van der Waals surface area contributed by atoms with E-state index in [1.807, 2.05) is 6.07 Å². The predicted molar refractivity (Wildman–Crippen MR) is 70.8 cm³/mol. The molecule has 1 N–H and O–H groups in total. The van der Waals surface area contributed by atoms with Gasteiger partial charge < -0.3 is 5.32 Å². The zero-order valence-corrected chi connectivity index (χ0v) is 10.6. The van der Waals surface area contributed by atoms with E-state index in [0.29, 0.717) is 5.69 Å². The van der Waals surface area contributed by atoms with Gasteiger partial charge in [-0.2, -0.15) is 0 Å². The van der Waals surface area contributed by atoms with Crippen molar-refractivity contribution >= 4 is 34.8 Å². The van der Waals surface area contributed by atoms with Crippen LogP contribution in [0.25, 0.3) is 0 Å². The molecule has 2 aromatic rings. The summed E-state index contributed by atoms with van der Waals surface area (Å²) in [6, 6.07) is 11.0. The number of rotatable bonds is 2. The van der Waals surface area contributed by atoms with E-state index in [1.165, 1.54) is 6.07 Å². The summed E-state index contributed by atoms with van der Waals surface area (Å²) in [5.74, 6) is -1.17. The normalized spacial score (nSPS) is 10.2. The summed E-state index contributed by atoms with van der Waals surface area (Å²) in [7, 11) is 0. The minimum atomic E-state index is -0.681. The largest absolute Gasteiger partial charge is 0.322 e. The third-order valence-corrected chi connectivity index (χ3v) is 2.89. The van der Waals surface area contributed by atoms with Gasteiger partial charge in [0.2, 0.25) is 0 Å². The number of anilines is 1. The number of hydrogen-bond donors (Lipinski definition) is 1. The van der Waals surface area contributed by atoms with Gasteiger partial charge in [-0.15, -0.1) is 0 Å². The van der Waals surface area contributed by atoms with Crippen LogP contribution in [0, 0.1) is 5.82 Å². The Morgan fingerprint density at radius 1 is 1.06 bits per heavy atom. The summed E-state index contributed by atoms with van der Waals surface area (Å²) < 4.78 is 13.3. The first-order valence-electron chi connectivity index (χ1n) is 5.09. The first-order valence-corrected chi connectivity index (χ1v) is 5.84. The van der Waals surface area contributed by atoms with Crippen LogP contribution < -0.4 is 5.32 Å². The first kappa shape index (κ1) is 12.9. The van der Waals surface area contributed by atoms with Crippen molar-refractivity contribution in [2.75, 3.05) is 5.32 Å². The molecule has 92 valence electrons. The molecule has 2 nitrogen and oxygen atoms in total. The molecular weight excluding hydrogens is 276 g/mol. The average molecular weight is 284 g/mol. The van der Waals surface area contributed by atoms with Crippen LogP contribution in [0.4, 0.5) is 10.1 Å². The van der Waals surface area contributed by atoms with E-state index in [0.717, 1.165) is 6.07 Å². The highest BCUT2D eigenvalue weighted by molar-refractivity contribution is 6.37. The fourth-order valence-corrected chi connectivity index (χ4v) is 1.89. The molecule has 0 radical (unpaired) electrons. The third kappa shape index (κ3) is 2.81. The summed E-state index contributed by atoms with van der Waals surface area (Å²) in [5.41, 5.74) is 0.649. The second kappa shape index (κ2) is 5.38. The molecule has 1 amide bonds. The van der Waals surface area contributed by atoms with E-state index in [9.17, 15) is 9.18 Å². The second-order valence-electron chi connectivity index (χ2n) is 3.57. The van der Waals surface area contributed by atoms with Crippen molar-refractivity contribution in [3.05, 3.63) is 63.9 Å². The molecule has 0 atom stereocenters. The summed E-state index contributed by atoms with van der Waals surface area (Å²) in [5, 5.41) is 2.60. The molecule has 0 saturated carbocycles. The van der Waals surface area contributed by atoms with Gasteiger partial charge >= 0.3 is 0 Å². The lowest BCUT2D eigenvalue weighted by Gasteiger charge is -2.07. The van der Waals surface area contributed by atoms with Crippen molar-refractivity contribution in [1.29, 1.82) is 0 Å². The molecule has 0 bridgehead atoms. The molecule has 0 saturated heterocycles. The predicted octanol–water partition coefficient (Wildman–Crippen LogP) is 4.38. The fraction of sp³-hybridized carbons (Fsp3) is 0. The Labute approximate surface area is 113 Å². The van der Waals surface area contributed by atoms with E-state index in [4.69, 9.17) is 23.2 Å². The van der Waals surface area contributed by atoms with Gasteiger partial charge in [0.05, 0.1) is 15.6 Å². The molecule has 5 heteroatoms. The highest BCUT2D eigenvalue weighted by Crippen LogP contribution is 2.25. The van der Waals surface area contributed by atoms with Crippen LogP contribution in [0.15, 0.2) is 42.5 Å². The molecule has 0 heterocycles. The maximum atomic E-state index is 13.3. The Bertz CT molecular complexity index is 587. The molecule has 0 spiro atoms. The van der Waals surface area contributed by atoms with Crippen LogP contribution in [-0.4, -0.2) is 5.91 Å². The topological polar surface area (TPSA) is 29.1 Å². The van der Waals surface area contributed by atoms with Crippen LogP contribution in [0.2, 0.25) is 10.0 Å². The van der Waals surface area contributed by atoms with Crippen LogP contribution in [0.3, 0.4) is 0 Å². The third-order valence-electron chi connectivity index (χ3n) is 2.29. The minimum absolute atomic E-state index is 0.0439. The summed E-state index contributed by atoms with van der Waals surface area (Å²) in [6.07, 6.45) is 0. The quantitative estimate of drug-likeness (QED) is 0.814. The van der Waals surface area contributed by atoms with Gasteiger partial charge in [0.1, 0.15) is 5.82 Å². The van der Waals surface area contributed by atoms with Gasteiger partial charge in [-0.05, 0) is 24.3 Å². The van der Waals surface area contributed by atoms with E-state index < -0.39 is 11.7 Å². The van der Waals surface area contributed by atoms with Gasteiger partial charge in [-0.25, -0.2) is 4.39 Å². The number of carbonyl (C=O) groups excluding carboxylic acids is 1. The second-order valence-corrected chi connectivity index (χ2v) is 4.38. The Kier molecular flexibility index (Phi) is 3.84. The lowest BCUT2D eigenvalue weighted by molar-refractivity contribution is 0.102. The van der Waals surface area contributed by atoms with Crippen molar-refractivity contribution in [3.8, 4) is 0 Å². The summed E-state index contributed by atoms with van der Waals surface area (Å²) in [6.45, 7) is 0. The first-order chi connectivity index (χ1) is 8.58. The lowest BCUT2D eigenvalue weighted by Crippen LogP contribution is -2.12. The Morgan fingerprint density at radius 2 is 1.72 bits per heavy atom. The number of amides is 1. The van der Waals surface area contributed by atoms with Crippen LogP contribution in [-0.2, 0) is 0 Å². The molecule has 0 unspecified atom stereocenters. The zero-order valence-electron chi connectivity index (χ0n) is 9.08. The Hall–Kier alpha value is -1.58. The van der Waals surface area contributed by atoms with Crippen molar-refractivity contribution in [1.82, 2.24) is 0 Å². The maximum absolute atomic E-state index is 13.3. The van der Waals surface area contributed by atoms with Crippen molar-refractivity contribution < 1.29 is 9.18 Å². The van der Waals surface area contributed by atoms with Gasteiger partial charge in [0, 0.05) is 5.69 Å². The van der Waals surface area contributed by atoms with Gasteiger partial charge in [-0.3, -0.25) is 4.79 Å². The molecule has 0 aromatic heterocycles. The fourth-order valence-electron chi connectivity index (χ4n) is 1.42. The number of para-hydroxylation sites is 1. The maximum Gasteiger partial charge on any atom is 0.257 e. The van der Waals surface area contributed by atoms with E-state index >= 15 is 0 Å². The SMILES string of the molecule is O=C(Nc1ccccc1)c1cc(F)c(Cl)cc1Cl. The highest BCUT2D eigenvalue weighted by Gasteiger charge is 2.14. The van der Waals surface area contributed by atoms with Gasteiger partial charge in [0.15, 0.2) is 0 Å². The minimum Gasteiger partial charge on any atom is -0.322 e. The standard InChI is InChI=1S/C13H8Cl2FNO/c14-10-7-11(15)12(16)6-9(10)13(18)17-8-4-2-1-3-5-8/h1-7H,(H,17,18). The molecule has 0 aliphatic carbocycles. The number of benzene rings is 2. The molecule has 0 aliphatic heterocycles. The lowest BCUT2D eigenvalue weighted by atomic mass is 10.2. The number of nitrogens with one attached hydrogen (secondary N) is 1. The molecule has 2 rings (SSSR count). The van der Waals surface area contributed by atoms with Crippen molar-refractivity contribution in [2.45, 2.75) is 0 Å². The van der Waals surface area contributed by atoms with Crippen molar-refractivity contribution in [3.63, 3.8) is 0 Å². The Balaban J connectivity index is 2.27. The number of halogens is 3. The monoisotopic (exact) mass is 283 g/mol. The molecule has 18 heavy (non-hydrogen) atoms. The van der Waals surface area contributed by atoms with Crippen LogP contribution in [0.1, 0.15) is 10.4 Å². The smallest absolute Gasteiger partial charge is 0.257 e. The van der Waals surface area contributed by atoms with Crippen LogP contribution >= 0.6 is 23.2 Å². The van der Waals surface area contributed by atoms with Crippen molar-refractivity contribution in [2.24, 2.45) is 0 Å². The number of hydrogen-bond acceptors (Lipinski definition) is 1. The zero-order chi connectivity index (χ0) is 13.1. The molecule has 0 fully saturated rings. The van der Waals surface area contributed by atoms with Gasteiger partial charge in [-0.1, -0.05) is 41.4 Å². The average Bonchev–Trinajstić information content (AvgIpc) is 2.35. The Morgan fingerprint density at radius 3 is 2.39 bits per heavy atom. The highest BCUT2D eigenvalue weighted by atomic mass is 35.5. The van der Waals surface area contributed by atoms with E-state index in [2.05, 4.69) is 5.32 Å². The van der Waals surface area contributed by atoms with E-state index in [-0.39, 0.29) is 15.6 Å². The number of carbonyl (C=O) groups is 1. The van der Waals surface area contributed by atoms with Gasteiger partial charge in [0.25, 0.3) is 5.91 Å². The van der Waals surface area contributed by atoms with E-state index in [1.54, 1.807) is 24.3 Å². The molecule has 2 aromatic carbocycles. The molecule has 0 aliphatic rings. The molecular formula is C13H8Cl2FNO. The summed E-state index contributed by atoms with van der Waals surface area (Å²) in [4.78, 5) is 11.9. The van der Waals surface area contributed by atoms with Crippen LogP contribution in [0.5, 0.6) is 0 Å². The summed E-state index contributed by atoms with van der Waals surface area (Å²) >= 11 is 11.4.